The number of ether oxygens (including phenoxy) is 1. The van der Waals surface area contributed by atoms with Crippen LogP contribution in [0, 0.1) is 0 Å². The van der Waals surface area contributed by atoms with Gasteiger partial charge in [-0.2, -0.15) is 0 Å². The second-order valence-electron chi connectivity index (χ2n) is 17.6. The Kier molecular flexibility index (Phi) is 46.1. The van der Waals surface area contributed by atoms with Gasteiger partial charge in [-0.15, -0.1) is 0 Å². The molecule has 60 heavy (non-hydrogen) atoms. The van der Waals surface area contributed by atoms with Crippen molar-refractivity contribution in [2.75, 3.05) is 6.61 Å². The summed E-state index contributed by atoms with van der Waals surface area (Å²) in [6.07, 6.45) is 57.4. The first kappa shape index (κ1) is 57.8. The topological polar surface area (TPSA) is 95.9 Å². The number of aliphatic hydroxyl groups excluding tert-OH is 2. The van der Waals surface area contributed by atoms with Crippen LogP contribution in [0.25, 0.3) is 0 Å². The molecule has 6 heteroatoms. The van der Waals surface area contributed by atoms with Gasteiger partial charge in [-0.1, -0.05) is 211 Å². The molecule has 0 aliphatic rings. The maximum Gasteiger partial charge on any atom is 0.306 e. The van der Waals surface area contributed by atoms with Crippen molar-refractivity contribution in [2.24, 2.45) is 0 Å². The normalized spacial score (nSPS) is 13.6. The Hall–Kier alpha value is -2.18. The maximum atomic E-state index is 13.2. The highest BCUT2D eigenvalue weighted by Gasteiger charge is 2.24. The van der Waals surface area contributed by atoms with Gasteiger partial charge < -0.3 is 20.3 Å². The molecule has 0 aromatic carbocycles. The Morgan fingerprint density at radius 1 is 0.483 bits per heavy atom. The van der Waals surface area contributed by atoms with Crippen LogP contribution in [0.2, 0.25) is 0 Å². The highest BCUT2D eigenvalue weighted by atomic mass is 16.5. The molecule has 0 heterocycles. The van der Waals surface area contributed by atoms with E-state index < -0.39 is 18.2 Å². The van der Waals surface area contributed by atoms with E-state index in [0.717, 1.165) is 89.9 Å². The fourth-order valence-electron chi connectivity index (χ4n) is 7.65. The average molecular weight is 842 g/mol. The number of esters is 1. The third-order valence-electron chi connectivity index (χ3n) is 11.6. The molecule has 3 N–H and O–H groups in total. The molecule has 0 rings (SSSR count). The SMILES string of the molecule is CCCC/C=C\CCCCCCCC(=O)OC(CCCCCC/C=C\C/C=C\C/C=C\CCCCC)CC(=O)NC(CO)C(O)CCCCCCCCCCCCCCC. The molecule has 1 amide bonds. The number of unbranched alkanes of at least 4 members (excludes halogenated alkanes) is 26. The van der Waals surface area contributed by atoms with Crippen LogP contribution in [0.4, 0.5) is 0 Å². The number of carbonyl (C=O) groups excluding carboxylic acids is 2. The van der Waals surface area contributed by atoms with Gasteiger partial charge in [-0.05, 0) is 83.5 Å². The zero-order valence-corrected chi connectivity index (χ0v) is 39.8. The van der Waals surface area contributed by atoms with E-state index in [-0.39, 0.29) is 24.9 Å². The Morgan fingerprint density at radius 3 is 1.38 bits per heavy atom. The van der Waals surface area contributed by atoms with E-state index >= 15 is 0 Å². The number of amides is 1. The molecule has 0 spiro atoms. The lowest BCUT2D eigenvalue weighted by molar-refractivity contribution is -0.151. The first-order chi connectivity index (χ1) is 29.5. The minimum atomic E-state index is -0.794. The van der Waals surface area contributed by atoms with Crippen LogP contribution in [-0.4, -0.2) is 46.9 Å². The van der Waals surface area contributed by atoms with Gasteiger partial charge >= 0.3 is 5.97 Å². The van der Waals surface area contributed by atoms with Gasteiger partial charge in [0.05, 0.1) is 25.2 Å². The molecule has 0 aromatic heterocycles. The number of nitrogens with one attached hydrogen (secondary N) is 1. The van der Waals surface area contributed by atoms with Gasteiger partial charge in [0.2, 0.25) is 5.91 Å². The van der Waals surface area contributed by atoms with Crippen LogP contribution in [0.15, 0.2) is 48.6 Å². The summed E-state index contributed by atoms with van der Waals surface area (Å²) in [7, 11) is 0. The summed E-state index contributed by atoms with van der Waals surface area (Å²) in [6.45, 7) is 6.41. The summed E-state index contributed by atoms with van der Waals surface area (Å²) < 4.78 is 5.91. The van der Waals surface area contributed by atoms with Gasteiger partial charge in [-0.25, -0.2) is 0 Å². The number of hydrogen-bond acceptors (Lipinski definition) is 5. The van der Waals surface area contributed by atoms with E-state index in [1.165, 1.54) is 122 Å². The number of carbonyl (C=O) groups is 2. The van der Waals surface area contributed by atoms with Gasteiger partial charge in [0, 0.05) is 6.42 Å². The van der Waals surface area contributed by atoms with Crippen molar-refractivity contribution in [3.05, 3.63) is 48.6 Å². The monoisotopic (exact) mass is 842 g/mol. The first-order valence-corrected chi connectivity index (χ1v) is 25.9. The van der Waals surface area contributed by atoms with Crippen molar-refractivity contribution in [3.63, 3.8) is 0 Å². The zero-order valence-electron chi connectivity index (χ0n) is 39.8. The van der Waals surface area contributed by atoms with Gasteiger partial charge in [0.15, 0.2) is 0 Å². The lowest BCUT2D eigenvalue weighted by Crippen LogP contribution is -2.46. The quantitative estimate of drug-likeness (QED) is 0.0322. The third kappa shape index (κ3) is 42.5. The van der Waals surface area contributed by atoms with Crippen molar-refractivity contribution in [3.8, 4) is 0 Å². The standard InChI is InChI=1S/C54H99NO5/c1-4-7-10-13-16-19-22-24-25-26-27-29-31-33-36-39-42-45-50(60-54(59)47-44-41-38-35-30-21-18-15-12-9-6-3)48-53(58)55-51(49-56)52(57)46-43-40-37-34-32-28-23-20-17-14-11-8-5-2/h15-16,18-19,24-25,27,29,50-52,56-57H,4-14,17,20-23,26,28,30-49H2,1-3H3,(H,55,58)/b18-15-,19-16-,25-24-,29-27-. The van der Waals surface area contributed by atoms with Crippen LogP contribution in [0.3, 0.4) is 0 Å². The minimum absolute atomic E-state index is 0.0599. The highest BCUT2D eigenvalue weighted by molar-refractivity contribution is 5.77. The van der Waals surface area contributed by atoms with Crippen LogP contribution in [0.1, 0.15) is 258 Å². The Bertz CT molecular complexity index is 1040. The van der Waals surface area contributed by atoms with Crippen LogP contribution in [0.5, 0.6) is 0 Å². The molecule has 350 valence electrons. The Balaban J connectivity index is 4.62. The second-order valence-corrected chi connectivity index (χ2v) is 17.6. The summed E-state index contributed by atoms with van der Waals surface area (Å²) in [6, 6.07) is -0.710. The number of hydrogen-bond donors (Lipinski definition) is 3. The third-order valence-corrected chi connectivity index (χ3v) is 11.6. The number of rotatable bonds is 46. The van der Waals surface area contributed by atoms with Gasteiger partial charge in [0.25, 0.3) is 0 Å². The first-order valence-electron chi connectivity index (χ1n) is 25.9. The van der Waals surface area contributed by atoms with E-state index in [9.17, 15) is 19.8 Å². The van der Waals surface area contributed by atoms with Crippen LogP contribution < -0.4 is 5.32 Å². The molecule has 0 fully saturated rings. The van der Waals surface area contributed by atoms with Gasteiger partial charge in [0.1, 0.15) is 6.10 Å². The Labute approximate surface area is 372 Å². The van der Waals surface area contributed by atoms with E-state index in [2.05, 4.69) is 74.7 Å². The molecule has 0 aliphatic carbocycles. The summed E-state index contributed by atoms with van der Waals surface area (Å²) >= 11 is 0. The summed E-state index contributed by atoms with van der Waals surface area (Å²) in [5.74, 6) is -0.503. The smallest absolute Gasteiger partial charge is 0.306 e. The molecule has 3 unspecified atom stereocenters. The largest absolute Gasteiger partial charge is 0.462 e. The van der Waals surface area contributed by atoms with Crippen LogP contribution in [-0.2, 0) is 14.3 Å². The lowest BCUT2D eigenvalue weighted by Gasteiger charge is -2.24. The molecule has 0 saturated heterocycles. The minimum Gasteiger partial charge on any atom is -0.462 e. The zero-order chi connectivity index (χ0) is 43.8. The average Bonchev–Trinajstić information content (AvgIpc) is 3.24. The molecule has 0 aliphatic heterocycles. The van der Waals surface area contributed by atoms with Gasteiger partial charge in [-0.3, -0.25) is 9.59 Å². The van der Waals surface area contributed by atoms with Crippen molar-refractivity contribution < 1.29 is 24.5 Å². The predicted molar refractivity (Wildman–Crippen MR) is 259 cm³/mol. The van der Waals surface area contributed by atoms with Crippen molar-refractivity contribution in [1.29, 1.82) is 0 Å². The summed E-state index contributed by atoms with van der Waals surface area (Å²) in [5, 5.41) is 23.8. The molecule has 0 saturated carbocycles. The fraction of sp³-hybridized carbons (Fsp3) is 0.815. The molecule has 6 nitrogen and oxygen atoms in total. The highest BCUT2D eigenvalue weighted by Crippen LogP contribution is 2.17. The molecule has 0 radical (unpaired) electrons. The predicted octanol–water partition coefficient (Wildman–Crippen LogP) is 15.5. The molecular weight excluding hydrogens is 743 g/mol. The second kappa shape index (κ2) is 47.9. The number of allylic oxidation sites excluding steroid dienone is 8. The van der Waals surface area contributed by atoms with E-state index in [1.54, 1.807) is 0 Å². The molecule has 3 atom stereocenters. The lowest BCUT2D eigenvalue weighted by atomic mass is 10.0. The van der Waals surface area contributed by atoms with E-state index in [0.29, 0.717) is 19.3 Å². The summed E-state index contributed by atoms with van der Waals surface area (Å²) in [4.78, 5) is 26.1. The fourth-order valence-corrected chi connectivity index (χ4v) is 7.65. The maximum absolute atomic E-state index is 13.2. The summed E-state index contributed by atoms with van der Waals surface area (Å²) in [5.41, 5.74) is 0. The number of aliphatic hydroxyl groups is 2. The van der Waals surface area contributed by atoms with Crippen molar-refractivity contribution in [1.82, 2.24) is 5.32 Å². The Morgan fingerprint density at radius 2 is 0.867 bits per heavy atom. The van der Waals surface area contributed by atoms with Crippen molar-refractivity contribution >= 4 is 11.9 Å². The molecule has 0 bridgehead atoms. The van der Waals surface area contributed by atoms with E-state index in [1.807, 2.05) is 0 Å². The van der Waals surface area contributed by atoms with Crippen molar-refractivity contribution in [2.45, 2.75) is 277 Å². The molecular formula is C54H99NO5. The van der Waals surface area contributed by atoms with E-state index in [4.69, 9.17) is 4.74 Å². The van der Waals surface area contributed by atoms with Crippen LogP contribution >= 0.6 is 0 Å². The molecule has 0 aromatic rings.